The van der Waals surface area contributed by atoms with Gasteiger partial charge < -0.3 is 14.9 Å². The van der Waals surface area contributed by atoms with E-state index in [1.54, 1.807) is 12.1 Å². The molecule has 0 amide bonds. The minimum atomic E-state index is -1.71. The maximum Gasteiger partial charge on any atom is 0.354 e. The second kappa shape index (κ2) is 6.01. The molecule has 110 valence electrons. The van der Waals surface area contributed by atoms with Gasteiger partial charge in [0, 0.05) is 5.56 Å². The van der Waals surface area contributed by atoms with Gasteiger partial charge in [0.05, 0.1) is 16.0 Å². The molecule has 0 aliphatic heterocycles. The van der Waals surface area contributed by atoms with E-state index in [4.69, 9.17) is 0 Å². The predicted octanol–water partition coefficient (Wildman–Crippen LogP) is 1.78. The van der Waals surface area contributed by atoms with E-state index in [-0.39, 0.29) is 16.5 Å². The third-order valence-corrected chi connectivity index (χ3v) is 4.30. The molecule has 6 nitrogen and oxygen atoms in total. The lowest BCUT2D eigenvalue weighted by Crippen LogP contribution is -2.13. The summed E-state index contributed by atoms with van der Waals surface area (Å²) in [5.41, 5.74) is 1.71. The van der Waals surface area contributed by atoms with E-state index in [2.05, 4.69) is 9.97 Å². The zero-order valence-electron chi connectivity index (χ0n) is 11.5. The van der Waals surface area contributed by atoms with Crippen LogP contribution in [0.25, 0.3) is 11.3 Å². The Kier molecular flexibility index (Phi) is 4.32. The van der Waals surface area contributed by atoms with Crippen LogP contribution in [-0.4, -0.2) is 36.8 Å². The first-order valence-corrected chi connectivity index (χ1v) is 7.41. The zero-order chi connectivity index (χ0) is 15.6. The molecule has 0 radical (unpaired) electrons. The van der Waals surface area contributed by atoms with E-state index < -0.39 is 22.0 Å². The van der Waals surface area contributed by atoms with Crippen LogP contribution in [0, 0.1) is 6.92 Å². The normalized spacial score (nSPS) is 13.6. The number of benzene rings is 1. The van der Waals surface area contributed by atoms with E-state index in [0.717, 1.165) is 5.56 Å². The third-order valence-electron chi connectivity index (χ3n) is 2.94. The summed E-state index contributed by atoms with van der Waals surface area (Å²) in [5.74, 6) is -1.19. The van der Waals surface area contributed by atoms with Gasteiger partial charge in [0.15, 0.2) is 10.9 Å². The van der Waals surface area contributed by atoms with Crippen molar-refractivity contribution in [2.45, 2.75) is 24.3 Å². The van der Waals surface area contributed by atoms with Gasteiger partial charge in [-0.1, -0.05) is 29.8 Å². The van der Waals surface area contributed by atoms with Gasteiger partial charge in [-0.05, 0) is 13.8 Å². The highest BCUT2D eigenvalue weighted by molar-refractivity contribution is 7.86. The average Bonchev–Trinajstić information content (AvgIpc) is 2.91. The summed E-state index contributed by atoms with van der Waals surface area (Å²) in [6.07, 6.45) is 0.546. The zero-order valence-corrected chi connectivity index (χ0v) is 12.3. The van der Waals surface area contributed by atoms with Crippen LogP contribution in [-0.2, 0) is 15.6 Å². The molecule has 2 aromatic rings. The Morgan fingerprint density at radius 3 is 2.52 bits per heavy atom. The molecule has 0 spiro atoms. The standard InChI is InChI=1S/C14H14N2O4S/c1-8-3-5-10(6-4-8)11-12(13(18)19)16-14(15-11)21(20)9(2)7-17/h3-7,9H,1-2H3,(H,15,16)(H,18,19). The van der Waals surface area contributed by atoms with Gasteiger partial charge in [-0.15, -0.1) is 0 Å². The summed E-state index contributed by atoms with van der Waals surface area (Å²) in [5, 5.41) is 8.46. The number of carbonyl (C=O) groups excluding carboxylic acids is 1. The van der Waals surface area contributed by atoms with Crippen LogP contribution in [0.2, 0.25) is 0 Å². The second-order valence-electron chi connectivity index (χ2n) is 4.58. The fourth-order valence-electron chi connectivity index (χ4n) is 1.75. The van der Waals surface area contributed by atoms with Crippen molar-refractivity contribution in [2.24, 2.45) is 0 Å². The number of hydrogen-bond donors (Lipinski definition) is 2. The van der Waals surface area contributed by atoms with Crippen LogP contribution in [0.4, 0.5) is 0 Å². The lowest BCUT2D eigenvalue weighted by molar-refractivity contribution is -0.107. The SMILES string of the molecule is Cc1ccc(-c2nc(S(=O)C(C)C=O)[nH]c2C(=O)O)cc1. The number of nitrogens with zero attached hydrogens (tertiary/aromatic N) is 1. The number of rotatable bonds is 5. The molecule has 0 aliphatic rings. The number of nitrogens with one attached hydrogen (secondary N) is 1. The van der Waals surface area contributed by atoms with E-state index in [0.29, 0.717) is 11.8 Å². The van der Waals surface area contributed by atoms with Crippen LogP contribution in [0.5, 0.6) is 0 Å². The number of aryl methyl sites for hydroxylation is 1. The van der Waals surface area contributed by atoms with Gasteiger partial charge in [-0.2, -0.15) is 0 Å². The Morgan fingerprint density at radius 1 is 1.38 bits per heavy atom. The van der Waals surface area contributed by atoms with E-state index in [1.165, 1.54) is 6.92 Å². The number of carboxylic acids is 1. The van der Waals surface area contributed by atoms with E-state index in [1.807, 2.05) is 19.1 Å². The molecule has 2 atom stereocenters. The largest absolute Gasteiger partial charge is 0.477 e. The highest BCUT2D eigenvalue weighted by Crippen LogP contribution is 2.24. The molecule has 2 unspecified atom stereocenters. The highest BCUT2D eigenvalue weighted by Gasteiger charge is 2.23. The minimum Gasteiger partial charge on any atom is -0.477 e. The maximum absolute atomic E-state index is 12.0. The molecule has 1 aromatic heterocycles. The Morgan fingerprint density at radius 2 is 2.00 bits per heavy atom. The molecule has 7 heteroatoms. The molecule has 21 heavy (non-hydrogen) atoms. The summed E-state index contributed by atoms with van der Waals surface area (Å²) in [6.45, 7) is 3.40. The molecule has 0 saturated heterocycles. The van der Waals surface area contributed by atoms with Crippen LogP contribution in [0.3, 0.4) is 0 Å². The first kappa shape index (κ1) is 15.1. The second-order valence-corrected chi connectivity index (χ2v) is 6.30. The summed E-state index contributed by atoms with van der Waals surface area (Å²) < 4.78 is 12.0. The predicted molar refractivity (Wildman–Crippen MR) is 77.7 cm³/mol. The topological polar surface area (TPSA) is 100 Å². The molecular formula is C14H14N2O4S. The van der Waals surface area contributed by atoms with Crippen molar-refractivity contribution in [3.63, 3.8) is 0 Å². The number of carboxylic acid groups (broad SMARTS) is 1. The Labute approximate surface area is 123 Å². The molecule has 0 aliphatic carbocycles. The van der Waals surface area contributed by atoms with Gasteiger partial charge in [0.1, 0.15) is 12.0 Å². The smallest absolute Gasteiger partial charge is 0.354 e. The molecule has 0 fully saturated rings. The number of carbonyl (C=O) groups is 2. The minimum absolute atomic E-state index is 0.0115. The number of hydrogen-bond acceptors (Lipinski definition) is 4. The summed E-state index contributed by atoms with van der Waals surface area (Å²) in [6, 6.07) is 7.16. The van der Waals surface area contributed by atoms with E-state index in [9.17, 15) is 18.9 Å². The van der Waals surface area contributed by atoms with Crippen LogP contribution < -0.4 is 0 Å². The van der Waals surface area contributed by atoms with Crippen molar-refractivity contribution in [1.29, 1.82) is 0 Å². The van der Waals surface area contributed by atoms with Crippen molar-refractivity contribution in [3.8, 4) is 11.3 Å². The Hall–Kier alpha value is -2.28. The van der Waals surface area contributed by atoms with Crippen molar-refractivity contribution in [3.05, 3.63) is 35.5 Å². The molecule has 1 heterocycles. The Balaban J connectivity index is 2.52. The van der Waals surface area contributed by atoms with Crippen LogP contribution in [0.15, 0.2) is 29.4 Å². The number of aldehydes is 1. The molecule has 0 saturated carbocycles. The lowest BCUT2D eigenvalue weighted by atomic mass is 10.1. The summed E-state index contributed by atoms with van der Waals surface area (Å²) in [7, 11) is -1.71. The van der Waals surface area contributed by atoms with Crippen molar-refractivity contribution < 1.29 is 18.9 Å². The lowest BCUT2D eigenvalue weighted by Gasteiger charge is -2.00. The van der Waals surface area contributed by atoms with Crippen molar-refractivity contribution >= 4 is 23.1 Å². The van der Waals surface area contributed by atoms with Crippen molar-refractivity contribution in [2.75, 3.05) is 0 Å². The molecule has 1 aromatic carbocycles. The average molecular weight is 306 g/mol. The number of aromatic amines is 1. The van der Waals surface area contributed by atoms with Crippen molar-refractivity contribution in [1.82, 2.24) is 9.97 Å². The highest BCUT2D eigenvalue weighted by atomic mass is 32.2. The molecule has 2 N–H and O–H groups in total. The van der Waals surface area contributed by atoms with Gasteiger partial charge in [0.2, 0.25) is 0 Å². The quantitative estimate of drug-likeness (QED) is 0.820. The molecule has 0 bridgehead atoms. The van der Waals surface area contributed by atoms with Gasteiger partial charge >= 0.3 is 5.97 Å². The number of H-pyrrole nitrogens is 1. The van der Waals surface area contributed by atoms with E-state index >= 15 is 0 Å². The number of aromatic nitrogens is 2. The van der Waals surface area contributed by atoms with Gasteiger partial charge in [-0.3, -0.25) is 4.21 Å². The van der Waals surface area contributed by atoms with Crippen LogP contribution >= 0.6 is 0 Å². The first-order chi connectivity index (χ1) is 9.93. The van der Waals surface area contributed by atoms with Crippen LogP contribution in [0.1, 0.15) is 23.0 Å². The van der Waals surface area contributed by atoms with Gasteiger partial charge in [0.25, 0.3) is 0 Å². The monoisotopic (exact) mass is 306 g/mol. The number of aromatic carboxylic acids is 1. The maximum atomic E-state index is 12.0. The first-order valence-electron chi connectivity index (χ1n) is 6.20. The van der Waals surface area contributed by atoms with Gasteiger partial charge in [-0.25, -0.2) is 9.78 Å². The summed E-state index contributed by atoms with van der Waals surface area (Å²) in [4.78, 5) is 28.6. The summed E-state index contributed by atoms with van der Waals surface area (Å²) >= 11 is 0. The number of imidazole rings is 1. The third kappa shape index (κ3) is 3.08. The Bertz CT molecular complexity index is 706. The fourth-order valence-corrected chi connectivity index (χ4v) is 2.59. The fraction of sp³-hybridized carbons (Fsp3) is 0.214. The molecule has 2 rings (SSSR count). The molecular weight excluding hydrogens is 292 g/mol.